The summed E-state index contributed by atoms with van der Waals surface area (Å²) in [7, 11) is -7.47. The van der Waals surface area contributed by atoms with E-state index in [0.29, 0.717) is 22.9 Å². The molecule has 124 valence electrons. The number of benzene rings is 1. The minimum Gasteiger partial charge on any atom is -0.225 e. The monoisotopic (exact) mass is 392 g/mol. The Morgan fingerprint density at radius 1 is 1.09 bits per heavy atom. The summed E-state index contributed by atoms with van der Waals surface area (Å²) in [6.07, 6.45) is 0.512. The van der Waals surface area contributed by atoms with Crippen molar-refractivity contribution in [2.45, 2.75) is 22.1 Å². The van der Waals surface area contributed by atoms with Crippen LogP contribution in [0.3, 0.4) is 0 Å². The van der Waals surface area contributed by atoms with Gasteiger partial charge >= 0.3 is 0 Å². The van der Waals surface area contributed by atoms with Crippen LogP contribution >= 0.6 is 22.9 Å². The van der Waals surface area contributed by atoms with E-state index in [4.69, 9.17) is 16.7 Å². The van der Waals surface area contributed by atoms with Gasteiger partial charge in [0.2, 0.25) is 10.0 Å². The Morgan fingerprint density at radius 3 is 2.43 bits per heavy atom. The van der Waals surface area contributed by atoms with Crippen LogP contribution < -0.4 is 5.14 Å². The van der Waals surface area contributed by atoms with E-state index in [2.05, 4.69) is 0 Å². The third-order valence-corrected chi connectivity index (χ3v) is 8.08. The van der Waals surface area contributed by atoms with Crippen molar-refractivity contribution in [3.8, 4) is 0 Å². The molecule has 0 saturated carbocycles. The van der Waals surface area contributed by atoms with Crippen molar-refractivity contribution in [1.29, 1.82) is 0 Å². The lowest BCUT2D eigenvalue weighted by Gasteiger charge is -2.27. The molecule has 1 aliphatic rings. The van der Waals surface area contributed by atoms with Crippen molar-refractivity contribution < 1.29 is 16.8 Å². The number of nitrogens with two attached hydrogens (primary N) is 1. The Balaban J connectivity index is 1.96. The summed E-state index contributed by atoms with van der Waals surface area (Å²) in [6, 6.07) is 7.57. The van der Waals surface area contributed by atoms with Gasteiger partial charge in [-0.1, -0.05) is 17.7 Å². The molecule has 0 amide bonds. The zero-order valence-corrected chi connectivity index (χ0v) is 15.0. The molecule has 0 atom stereocenters. The zero-order chi connectivity index (χ0) is 16.8. The summed E-state index contributed by atoms with van der Waals surface area (Å²) in [6.45, 7) is 0.441. The quantitative estimate of drug-likeness (QED) is 0.860. The normalized spacial score (nSPS) is 16.3. The molecule has 10 heteroatoms. The van der Waals surface area contributed by atoms with Crippen molar-refractivity contribution in [2.75, 3.05) is 6.54 Å². The first-order chi connectivity index (χ1) is 10.7. The summed E-state index contributed by atoms with van der Waals surface area (Å²) >= 11 is 6.81. The van der Waals surface area contributed by atoms with Gasteiger partial charge in [-0.25, -0.2) is 22.0 Å². The molecular formula is C13H13ClN2O4S3. The van der Waals surface area contributed by atoms with E-state index in [1.54, 1.807) is 6.07 Å². The van der Waals surface area contributed by atoms with Crippen molar-refractivity contribution in [1.82, 2.24) is 4.31 Å². The molecule has 1 aromatic heterocycles. The molecule has 6 nitrogen and oxygen atoms in total. The third-order valence-electron chi connectivity index (χ3n) is 3.63. The van der Waals surface area contributed by atoms with Crippen LogP contribution in [0.15, 0.2) is 39.4 Å². The number of sulfonamides is 2. The molecule has 23 heavy (non-hydrogen) atoms. The van der Waals surface area contributed by atoms with Crippen LogP contribution in [0, 0.1) is 0 Å². The van der Waals surface area contributed by atoms with E-state index >= 15 is 0 Å². The van der Waals surface area contributed by atoms with Gasteiger partial charge in [-0.15, -0.1) is 11.3 Å². The molecule has 2 heterocycles. The number of rotatable bonds is 3. The lowest BCUT2D eigenvalue weighted by Crippen LogP contribution is -2.35. The minimum absolute atomic E-state index is 0.0188. The third kappa shape index (κ3) is 3.30. The predicted octanol–water partition coefficient (Wildman–Crippen LogP) is 1.80. The van der Waals surface area contributed by atoms with Gasteiger partial charge in [-0.05, 0) is 41.8 Å². The van der Waals surface area contributed by atoms with Crippen molar-refractivity contribution in [3.05, 3.63) is 45.8 Å². The average Bonchev–Trinajstić information content (AvgIpc) is 2.92. The van der Waals surface area contributed by atoms with Gasteiger partial charge < -0.3 is 0 Å². The van der Waals surface area contributed by atoms with E-state index in [9.17, 15) is 16.8 Å². The maximum Gasteiger partial charge on any atom is 0.252 e. The highest BCUT2D eigenvalue weighted by Gasteiger charge is 2.30. The van der Waals surface area contributed by atoms with Gasteiger partial charge in [0.05, 0.1) is 9.23 Å². The maximum absolute atomic E-state index is 12.6. The van der Waals surface area contributed by atoms with Gasteiger partial charge in [-0.2, -0.15) is 4.31 Å². The van der Waals surface area contributed by atoms with Crippen LogP contribution in [0.25, 0.3) is 0 Å². The minimum atomic E-state index is -3.82. The molecule has 0 bridgehead atoms. The second-order valence-electron chi connectivity index (χ2n) is 5.12. The standard InChI is InChI=1S/C13H13ClN2O4S3/c14-12-3-4-13(21-12)23(19,20)16-6-5-9-1-2-11(22(15,17)18)7-10(9)8-16/h1-4,7H,5-6,8H2,(H2,15,17,18). The number of thiophene rings is 1. The number of hydrogen-bond acceptors (Lipinski definition) is 5. The van der Waals surface area contributed by atoms with Gasteiger partial charge in [0.15, 0.2) is 0 Å². The van der Waals surface area contributed by atoms with E-state index in [-0.39, 0.29) is 15.6 Å². The van der Waals surface area contributed by atoms with Gasteiger partial charge in [-0.3, -0.25) is 0 Å². The Bertz CT molecular complexity index is 967. The Hall–Kier alpha value is -0.970. The smallest absolute Gasteiger partial charge is 0.225 e. The van der Waals surface area contributed by atoms with E-state index in [0.717, 1.165) is 16.9 Å². The highest BCUT2D eigenvalue weighted by atomic mass is 35.5. The SMILES string of the molecule is NS(=O)(=O)c1ccc2c(c1)CN(S(=O)(=O)c1ccc(Cl)s1)CC2. The number of fused-ring (bicyclic) bond motifs is 1. The fraction of sp³-hybridized carbons (Fsp3) is 0.231. The van der Waals surface area contributed by atoms with Gasteiger partial charge in [0, 0.05) is 13.1 Å². The molecule has 0 radical (unpaired) electrons. The summed E-state index contributed by atoms with van der Waals surface area (Å²) in [5, 5.41) is 5.13. The largest absolute Gasteiger partial charge is 0.252 e. The van der Waals surface area contributed by atoms with Crippen LogP contribution in [-0.4, -0.2) is 27.7 Å². The number of hydrogen-bond donors (Lipinski definition) is 1. The first kappa shape index (κ1) is 16.9. The Morgan fingerprint density at radius 2 is 1.83 bits per heavy atom. The Kier molecular flexibility index (Phi) is 4.28. The first-order valence-electron chi connectivity index (χ1n) is 6.58. The Labute approximate surface area is 143 Å². The molecular weight excluding hydrogens is 380 g/mol. The second-order valence-corrected chi connectivity index (χ2v) is 10.6. The molecule has 1 aliphatic heterocycles. The molecule has 0 saturated heterocycles. The maximum atomic E-state index is 12.6. The topological polar surface area (TPSA) is 97.5 Å². The molecule has 1 aromatic carbocycles. The molecule has 0 aliphatic carbocycles. The van der Waals surface area contributed by atoms with Crippen LogP contribution in [0.5, 0.6) is 0 Å². The van der Waals surface area contributed by atoms with Crippen molar-refractivity contribution in [3.63, 3.8) is 0 Å². The highest BCUT2D eigenvalue weighted by molar-refractivity contribution is 7.91. The summed E-state index contributed by atoms with van der Waals surface area (Å²) < 4.78 is 50.1. The lowest BCUT2D eigenvalue weighted by atomic mass is 10.0. The molecule has 3 rings (SSSR count). The highest BCUT2D eigenvalue weighted by Crippen LogP contribution is 2.31. The average molecular weight is 393 g/mol. The van der Waals surface area contributed by atoms with Crippen molar-refractivity contribution >= 4 is 43.0 Å². The van der Waals surface area contributed by atoms with E-state index in [1.807, 2.05) is 0 Å². The number of halogens is 1. The van der Waals surface area contributed by atoms with Crippen LogP contribution in [0.4, 0.5) is 0 Å². The molecule has 2 N–H and O–H groups in total. The van der Waals surface area contributed by atoms with Crippen LogP contribution in [0.2, 0.25) is 4.34 Å². The van der Waals surface area contributed by atoms with E-state index < -0.39 is 20.0 Å². The molecule has 2 aromatic rings. The van der Waals surface area contributed by atoms with E-state index in [1.165, 1.54) is 28.6 Å². The zero-order valence-electron chi connectivity index (χ0n) is 11.8. The fourth-order valence-corrected chi connectivity index (χ4v) is 6.07. The molecule has 0 fully saturated rings. The van der Waals surface area contributed by atoms with Crippen molar-refractivity contribution in [2.24, 2.45) is 5.14 Å². The predicted molar refractivity (Wildman–Crippen MR) is 88.4 cm³/mol. The lowest BCUT2D eigenvalue weighted by molar-refractivity contribution is 0.392. The fourth-order valence-electron chi connectivity index (χ4n) is 2.45. The van der Waals surface area contributed by atoms with Crippen LogP contribution in [-0.2, 0) is 33.0 Å². The summed E-state index contributed by atoms with van der Waals surface area (Å²) in [5.41, 5.74) is 1.57. The number of nitrogens with zero attached hydrogens (tertiary/aromatic N) is 1. The summed E-state index contributed by atoms with van der Waals surface area (Å²) in [5.74, 6) is 0. The second kappa shape index (κ2) is 5.83. The van der Waals surface area contributed by atoms with Gasteiger partial charge in [0.25, 0.3) is 10.0 Å². The summed E-state index contributed by atoms with van der Waals surface area (Å²) in [4.78, 5) is -0.0188. The van der Waals surface area contributed by atoms with Crippen LogP contribution in [0.1, 0.15) is 11.1 Å². The number of primary sulfonamides is 1. The molecule has 0 unspecified atom stereocenters. The molecule has 0 spiro atoms. The first-order valence-corrected chi connectivity index (χ1v) is 10.8. The van der Waals surface area contributed by atoms with Gasteiger partial charge in [0.1, 0.15) is 4.21 Å².